The lowest BCUT2D eigenvalue weighted by atomic mass is 9.84. The summed E-state index contributed by atoms with van der Waals surface area (Å²) in [4.78, 5) is 18.3. The van der Waals surface area contributed by atoms with Crippen molar-refractivity contribution < 1.29 is 9.53 Å². The topological polar surface area (TPSA) is 68.5 Å². The van der Waals surface area contributed by atoms with E-state index in [1.807, 2.05) is 39.2 Å². The zero-order valence-corrected chi connectivity index (χ0v) is 15.7. The van der Waals surface area contributed by atoms with E-state index in [0.717, 1.165) is 17.4 Å². The Morgan fingerprint density at radius 1 is 1.38 bits per heavy atom. The maximum Gasteiger partial charge on any atom is 0.411 e. The van der Waals surface area contributed by atoms with E-state index in [1.54, 1.807) is 4.90 Å². The number of carbonyl (C=O) groups is 1. The van der Waals surface area contributed by atoms with Crippen LogP contribution in [0, 0.1) is 0 Å². The second-order valence-electron chi connectivity index (χ2n) is 7.84. The molecule has 1 amide bonds. The molecule has 3 rings (SSSR count). The number of piperidine rings is 1. The number of pyridine rings is 1. The summed E-state index contributed by atoms with van der Waals surface area (Å²) in [7, 11) is 0. The number of amides is 1. The largest absolute Gasteiger partial charge is 0.444 e. The van der Waals surface area contributed by atoms with Crippen molar-refractivity contribution in [2.24, 2.45) is 5.73 Å². The van der Waals surface area contributed by atoms with Crippen LogP contribution in [0.25, 0.3) is 16.8 Å². The van der Waals surface area contributed by atoms with Crippen molar-refractivity contribution in [1.82, 2.24) is 9.88 Å². The third-order valence-corrected chi connectivity index (χ3v) is 4.78. The number of rotatable bonds is 2. The molecular weight excluding hydrogens is 326 g/mol. The Morgan fingerprint density at radius 3 is 2.81 bits per heavy atom. The first-order chi connectivity index (χ1) is 12.3. The third-order valence-electron chi connectivity index (χ3n) is 4.78. The van der Waals surface area contributed by atoms with Gasteiger partial charge >= 0.3 is 6.09 Å². The molecule has 0 saturated carbocycles. The normalized spacial score (nSPS) is 20.8. The number of hydrogen-bond donors (Lipinski definition) is 1. The molecule has 1 aliphatic rings. The molecule has 138 valence electrons. The second-order valence-corrected chi connectivity index (χ2v) is 7.84. The monoisotopic (exact) mass is 353 g/mol. The van der Waals surface area contributed by atoms with E-state index in [9.17, 15) is 4.79 Å². The minimum atomic E-state index is -0.519. The fourth-order valence-electron chi connectivity index (χ4n) is 3.61. The van der Waals surface area contributed by atoms with Crippen molar-refractivity contribution in [3.8, 4) is 0 Å². The lowest BCUT2D eigenvalue weighted by Gasteiger charge is -2.38. The van der Waals surface area contributed by atoms with Crippen molar-refractivity contribution in [3.05, 3.63) is 48.3 Å². The van der Waals surface area contributed by atoms with Crippen LogP contribution in [0.3, 0.4) is 0 Å². The maximum atomic E-state index is 12.4. The van der Waals surface area contributed by atoms with Gasteiger partial charge in [0.15, 0.2) is 0 Å². The lowest BCUT2D eigenvalue weighted by Crippen LogP contribution is -2.51. The van der Waals surface area contributed by atoms with E-state index in [1.165, 1.54) is 10.9 Å². The fourth-order valence-corrected chi connectivity index (χ4v) is 3.61. The van der Waals surface area contributed by atoms with Gasteiger partial charge in [-0.3, -0.25) is 9.88 Å². The van der Waals surface area contributed by atoms with Crippen LogP contribution < -0.4 is 5.73 Å². The molecule has 2 atom stereocenters. The number of nitrogens with zero attached hydrogens (tertiary/aromatic N) is 2. The summed E-state index contributed by atoms with van der Waals surface area (Å²) < 4.78 is 5.48. The van der Waals surface area contributed by atoms with E-state index in [0.29, 0.717) is 13.0 Å². The van der Waals surface area contributed by atoms with Gasteiger partial charge in [0, 0.05) is 29.9 Å². The van der Waals surface area contributed by atoms with E-state index >= 15 is 0 Å². The molecule has 5 heteroatoms. The Balaban J connectivity index is 1.85. The first-order valence-corrected chi connectivity index (χ1v) is 9.04. The van der Waals surface area contributed by atoms with Crippen molar-refractivity contribution in [2.75, 3.05) is 6.54 Å². The number of likely N-dealkylation sites (tertiary alicyclic amines) is 1. The quantitative estimate of drug-likeness (QED) is 0.875. The molecule has 0 aliphatic carbocycles. The summed E-state index contributed by atoms with van der Waals surface area (Å²) in [6.45, 7) is 10.1. The van der Waals surface area contributed by atoms with Crippen LogP contribution in [0.15, 0.2) is 37.2 Å². The molecule has 1 aliphatic heterocycles. The summed E-state index contributed by atoms with van der Waals surface area (Å²) in [6, 6.07) is 6.27. The highest BCUT2D eigenvalue weighted by molar-refractivity contribution is 5.92. The number of ether oxygens (including phenoxy) is 1. The van der Waals surface area contributed by atoms with E-state index in [2.05, 4.69) is 29.8 Å². The molecule has 0 spiro atoms. The van der Waals surface area contributed by atoms with Crippen LogP contribution in [0.5, 0.6) is 0 Å². The molecule has 0 radical (unpaired) electrons. The van der Waals surface area contributed by atoms with Crippen molar-refractivity contribution in [2.45, 2.75) is 51.3 Å². The summed E-state index contributed by atoms with van der Waals surface area (Å²) in [6.07, 6.45) is 6.43. The molecular formula is C21H27N3O2. The molecule has 1 saturated heterocycles. The first-order valence-electron chi connectivity index (χ1n) is 9.04. The van der Waals surface area contributed by atoms with Gasteiger partial charge < -0.3 is 10.5 Å². The predicted octanol–water partition coefficient (Wildman–Crippen LogP) is 4.28. The van der Waals surface area contributed by atoms with Gasteiger partial charge in [-0.1, -0.05) is 30.9 Å². The molecule has 2 heterocycles. The Hall–Kier alpha value is -2.40. The molecule has 2 N–H and O–H groups in total. The van der Waals surface area contributed by atoms with Crippen LogP contribution in [0.2, 0.25) is 0 Å². The van der Waals surface area contributed by atoms with Gasteiger partial charge in [-0.15, -0.1) is 0 Å². The smallest absolute Gasteiger partial charge is 0.411 e. The number of hydrogen-bond acceptors (Lipinski definition) is 4. The van der Waals surface area contributed by atoms with Crippen molar-refractivity contribution in [3.63, 3.8) is 0 Å². The summed E-state index contributed by atoms with van der Waals surface area (Å²) >= 11 is 0. The van der Waals surface area contributed by atoms with E-state index in [4.69, 9.17) is 10.5 Å². The molecule has 1 aromatic carbocycles. The Kier molecular flexibility index (Phi) is 5.01. The lowest BCUT2D eigenvalue weighted by molar-refractivity contribution is 0.00893. The van der Waals surface area contributed by atoms with Gasteiger partial charge in [-0.2, -0.15) is 0 Å². The number of benzene rings is 1. The van der Waals surface area contributed by atoms with Gasteiger partial charge in [0.25, 0.3) is 0 Å². The summed E-state index contributed by atoms with van der Waals surface area (Å²) in [5.74, 6) is 0.286. The Bertz CT molecular complexity index is 820. The third kappa shape index (κ3) is 3.73. The highest BCUT2D eigenvalue weighted by Gasteiger charge is 2.33. The first kappa shape index (κ1) is 18.4. The standard InChI is InChI=1S/C21H27N3O2/c1-5-14-12-23-13-16-7-6-8-17(19(14)16)15-9-10-24(18(22)11-15)20(25)26-21(2,3)4/h5-8,12-13,15,18H,1,9-11,22H2,2-4H3. The van der Waals surface area contributed by atoms with Gasteiger partial charge in [0.2, 0.25) is 0 Å². The minimum Gasteiger partial charge on any atom is -0.444 e. The number of aromatic nitrogens is 1. The fraction of sp³-hybridized carbons (Fsp3) is 0.429. The van der Waals surface area contributed by atoms with Crippen molar-refractivity contribution >= 4 is 22.9 Å². The molecule has 0 bridgehead atoms. The summed E-state index contributed by atoms with van der Waals surface area (Å²) in [5.41, 5.74) is 8.09. The van der Waals surface area contributed by atoms with Crippen LogP contribution in [0.1, 0.15) is 50.7 Å². The molecule has 1 fully saturated rings. The summed E-state index contributed by atoms with van der Waals surface area (Å²) in [5, 5.41) is 2.28. The zero-order chi connectivity index (χ0) is 18.9. The van der Waals surface area contributed by atoms with Crippen LogP contribution in [0.4, 0.5) is 4.79 Å². The Morgan fingerprint density at radius 2 is 2.15 bits per heavy atom. The van der Waals surface area contributed by atoms with E-state index in [-0.39, 0.29) is 18.2 Å². The van der Waals surface area contributed by atoms with Gasteiger partial charge in [0.1, 0.15) is 5.60 Å². The molecule has 5 nitrogen and oxygen atoms in total. The average molecular weight is 353 g/mol. The van der Waals surface area contributed by atoms with Gasteiger partial charge in [-0.25, -0.2) is 4.79 Å². The van der Waals surface area contributed by atoms with Crippen LogP contribution in [-0.2, 0) is 4.74 Å². The second kappa shape index (κ2) is 7.08. The molecule has 1 aromatic heterocycles. The maximum absolute atomic E-state index is 12.4. The predicted molar refractivity (Wildman–Crippen MR) is 105 cm³/mol. The molecule has 2 unspecified atom stereocenters. The average Bonchev–Trinajstić information content (AvgIpc) is 2.59. The van der Waals surface area contributed by atoms with Crippen molar-refractivity contribution in [1.29, 1.82) is 0 Å². The van der Waals surface area contributed by atoms with Gasteiger partial charge in [-0.05, 0) is 50.5 Å². The highest BCUT2D eigenvalue weighted by atomic mass is 16.6. The SMILES string of the molecule is C=Cc1cncc2cccc(C3CCN(C(=O)OC(C)(C)C)C(N)C3)c12. The van der Waals surface area contributed by atoms with Crippen LogP contribution >= 0.6 is 0 Å². The van der Waals surface area contributed by atoms with Crippen LogP contribution in [-0.4, -0.2) is 34.3 Å². The highest BCUT2D eigenvalue weighted by Crippen LogP contribution is 2.36. The zero-order valence-electron chi connectivity index (χ0n) is 15.7. The number of nitrogens with two attached hydrogens (primary N) is 1. The number of carbonyl (C=O) groups excluding carboxylic acids is 1. The molecule has 2 aromatic rings. The Labute approximate surface area is 154 Å². The van der Waals surface area contributed by atoms with Gasteiger partial charge in [0.05, 0.1) is 6.17 Å². The van der Waals surface area contributed by atoms with E-state index < -0.39 is 5.60 Å². The number of fused-ring (bicyclic) bond motifs is 1. The molecule has 26 heavy (non-hydrogen) atoms. The minimum absolute atomic E-state index is 0.286.